The van der Waals surface area contributed by atoms with E-state index in [0.717, 1.165) is 69.3 Å². The van der Waals surface area contributed by atoms with Crippen molar-refractivity contribution < 1.29 is 67.1 Å². The summed E-state index contributed by atoms with van der Waals surface area (Å²) < 4.78 is 31.1. The van der Waals surface area contributed by atoms with Crippen molar-refractivity contribution in [3.63, 3.8) is 0 Å². The second-order valence-electron chi connectivity index (χ2n) is 20.3. The predicted molar refractivity (Wildman–Crippen MR) is 217 cm³/mol. The van der Waals surface area contributed by atoms with Gasteiger partial charge >= 0.3 is 41.8 Å². The van der Waals surface area contributed by atoms with Crippen molar-refractivity contribution in [3.05, 3.63) is 0 Å². The third-order valence-electron chi connectivity index (χ3n) is 17.2. The van der Waals surface area contributed by atoms with Gasteiger partial charge in [-0.05, 0) is 112 Å². The first-order valence-electron chi connectivity index (χ1n) is 23.1. The second kappa shape index (κ2) is 19.1. The first-order valence-corrected chi connectivity index (χ1v) is 23.1. The summed E-state index contributed by atoms with van der Waals surface area (Å²) in [6.45, 7) is 16.8. The maximum absolute atomic E-state index is 12.6. The summed E-state index contributed by atoms with van der Waals surface area (Å²) in [6, 6.07) is 0. The Morgan fingerprint density at radius 1 is 0.721 bits per heavy atom. The number of hydrogen-bond acceptors (Lipinski definition) is 13. The number of esters is 6. The molecule has 1 N–H and O–H groups in total. The minimum atomic E-state index is -0.906. The molecule has 3 heterocycles. The van der Waals surface area contributed by atoms with E-state index in [1.54, 1.807) is 20.8 Å². The summed E-state index contributed by atoms with van der Waals surface area (Å²) in [6.07, 6.45) is 8.65. The standard InChI is InChI=1S/C16H22O6.C15H24O3.C10H16O2.C6H8O3/c1-4-16(2,7-11(17)20-3)15(19)22-12-8-5-9-10(6-8)14(18)21-13(9)12;1-9-10(2)12-7-11(9)8-13(12)15(16)18-14-5-3-4-6-17-14;1-5-6(2)8-3-7(5)4-9(8)10(11)12;1-3-4(2)6(8)9-5(3)7/h8-10,12-13H,4-7H2,1-3H3;9-14H,3-8H2,1-2H3;5-9H,3-4H2,1-2H3,(H,11,12);3-4H,1-2H3. The average molecular weight is 859 g/mol. The van der Waals surface area contributed by atoms with Crippen LogP contribution < -0.4 is 0 Å². The van der Waals surface area contributed by atoms with E-state index in [2.05, 4.69) is 37.2 Å². The Labute approximate surface area is 360 Å². The van der Waals surface area contributed by atoms with Gasteiger partial charge in [-0.25, -0.2) is 0 Å². The van der Waals surface area contributed by atoms with Gasteiger partial charge in [0, 0.05) is 18.3 Å². The van der Waals surface area contributed by atoms with Crippen molar-refractivity contribution in [1.29, 1.82) is 0 Å². The van der Waals surface area contributed by atoms with Crippen LogP contribution in [0.25, 0.3) is 0 Å². The fraction of sp³-hybridized carbons (Fsp3) is 0.851. The topological polar surface area (TPSA) is 195 Å². The molecule has 0 aromatic heterocycles. The molecule has 9 aliphatic rings. The van der Waals surface area contributed by atoms with Crippen molar-refractivity contribution in [2.24, 2.45) is 94.2 Å². The molecule has 14 nitrogen and oxygen atoms in total. The maximum Gasteiger partial charge on any atom is 0.317 e. The lowest BCUT2D eigenvalue weighted by molar-refractivity contribution is -0.193. The quantitative estimate of drug-likeness (QED) is 0.152. The number of hydrogen-bond donors (Lipinski definition) is 1. The van der Waals surface area contributed by atoms with Crippen LogP contribution in [0.4, 0.5) is 0 Å². The molecule has 0 aromatic carbocycles. The summed E-state index contributed by atoms with van der Waals surface area (Å²) in [4.78, 5) is 80.0. The SMILES string of the molecule is CC1C(=O)OC(=O)C1C.CC1C2CC(C(=O)O)C(C2)C1C.CC1C2CC(C(=O)OC3CCCCO3)C(C2)C1C.CCC(C)(CC(=O)OC)C(=O)OC1C2CC3C(=O)OC1C3C2. The van der Waals surface area contributed by atoms with E-state index in [-0.39, 0.29) is 78.3 Å². The average Bonchev–Trinajstić information content (AvgIpc) is 4.13. The lowest BCUT2D eigenvalue weighted by atomic mass is 9.76. The van der Waals surface area contributed by atoms with E-state index < -0.39 is 35.3 Å². The number of cyclic esters (lactones) is 2. The van der Waals surface area contributed by atoms with E-state index in [9.17, 15) is 33.6 Å². The molecule has 61 heavy (non-hydrogen) atoms. The molecule has 342 valence electrons. The Kier molecular flexibility index (Phi) is 14.7. The molecule has 6 bridgehead atoms. The van der Waals surface area contributed by atoms with Crippen LogP contribution in [0.3, 0.4) is 0 Å². The lowest BCUT2D eigenvalue weighted by Gasteiger charge is -2.32. The molecule has 0 radical (unpaired) electrons. The fourth-order valence-corrected chi connectivity index (χ4v) is 12.2. The van der Waals surface area contributed by atoms with Crippen molar-refractivity contribution in [2.75, 3.05) is 13.7 Å². The van der Waals surface area contributed by atoms with Gasteiger partial charge in [-0.3, -0.25) is 33.6 Å². The molecule has 0 spiro atoms. The number of carbonyl (C=O) groups is 7. The van der Waals surface area contributed by atoms with Crippen LogP contribution in [0.5, 0.6) is 0 Å². The number of aliphatic carboxylic acids is 1. The monoisotopic (exact) mass is 858 g/mol. The van der Waals surface area contributed by atoms with E-state index in [1.165, 1.54) is 20.0 Å². The van der Waals surface area contributed by atoms with E-state index in [0.29, 0.717) is 36.0 Å². The third-order valence-corrected chi connectivity index (χ3v) is 17.2. The smallest absolute Gasteiger partial charge is 0.317 e. The highest BCUT2D eigenvalue weighted by molar-refractivity contribution is 5.95. The number of fused-ring (bicyclic) bond motifs is 5. The molecule has 3 aliphatic heterocycles. The Morgan fingerprint density at radius 3 is 1.77 bits per heavy atom. The van der Waals surface area contributed by atoms with Crippen molar-refractivity contribution in [3.8, 4) is 0 Å². The summed E-state index contributed by atoms with van der Waals surface area (Å²) in [5.41, 5.74) is -0.906. The summed E-state index contributed by atoms with van der Waals surface area (Å²) in [5, 5.41) is 8.94. The molecule has 19 unspecified atom stereocenters. The number of rotatable bonds is 8. The largest absolute Gasteiger partial charge is 0.481 e. The molecule has 6 saturated carbocycles. The lowest BCUT2D eigenvalue weighted by Crippen LogP contribution is -2.41. The first-order chi connectivity index (χ1) is 28.8. The molecular formula is C47H70O14. The summed E-state index contributed by atoms with van der Waals surface area (Å²) >= 11 is 0. The predicted octanol–water partition coefficient (Wildman–Crippen LogP) is 6.78. The van der Waals surface area contributed by atoms with Gasteiger partial charge in [-0.15, -0.1) is 0 Å². The molecule has 9 rings (SSSR count). The van der Waals surface area contributed by atoms with Gasteiger partial charge in [0.15, 0.2) is 0 Å². The van der Waals surface area contributed by atoms with Crippen molar-refractivity contribution in [2.45, 2.75) is 145 Å². The highest BCUT2D eigenvalue weighted by Gasteiger charge is 2.64. The zero-order valence-corrected chi connectivity index (χ0v) is 37.6. The zero-order chi connectivity index (χ0) is 44.7. The van der Waals surface area contributed by atoms with Crippen LogP contribution in [0.1, 0.15) is 126 Å². The Morgan fingerprint density at radius 2 is 1.30 bits per heavy atom. The molecule has 3 saturated heterocycles. The molecule has 9 fully saturated rings. The minimum Gasteiger partial charge on any atom is -0.481 e. The van der Waals surface area contributed by atoms with Crippen LogP contribution >= 0.6 is 0 Å². The zero-order valence-electron chi connectivity index (χ0n) is 37.6. The van der Waals surface area contributed by atoms with Crippen LogP contribution in [-0.4, -0.2) is 79.1 Å². The number of ether oxygens (including phenoxy) is 6. The van der Waals surface area contributed by atoms with Crippen LogP contribution in [0, 0.1) is 94.2 Å². The Balaban J connectivity index is 0.000000143. The second-order valence-corrected chi connectivity index (χ2v) is 20.3. The van der Waals surface area contributed by atoms with Crippen LogP contribution in [0.15, 0.2) is 0 Å². The van der Waals surface area contributed by atoms with E-state index in [4.69, 9.17) is 24.1 Å². The van der Waals surface area contributed by atoms with Crippen LogP contribution in [-0.2, 0) is 62.0 Å². The van der Waals surface area contributed by atoms with Gasteiger partial charge in [0.05, 0.1) is 55.1 Å². The Bertz CT molecular complexity index is 1650. The van der Waals surface area contributed by atoms with Crippen LogP contribution in [0.2, 0.25) is 0 Å². The maximum atomic E-state index is 12.6. The molecule has 0 aromatic rings. The first kappa shape index (κ1) is 46.9. The van der Waals surface area contributed by atoms with Gasteiger partial charge in [-0.2, -0.15) is 0 Å². The molecule has 19 atom stereocenters. The molecular weight excluding hydrogens is 789 g/mol. The number of methoxy groups -OCH3 is 1. The minimum absolute atomic E-state index is 0.00224. The van der Waals surface area contributed by atoms with Crippen molar-refractivity contribution in [1.82, 2.24) is 0 Å². The number of carbonyl (C=O) groups excluding carboxylic acids is 6. The number of carboxylic acids is 1. The highest BCUT2D eigenvalue weighted by atomic mass is 16.7. The van der Waals surface area contributed by atoms with Gasteiger partial charge in [0.1, 0.15) is 12.2 Å². The van der Waals surface area contributed by atoms with E-state index >= 15 is 0 Å². The normalized spacial score (nSPS) is 42.7. The summed E-state index contributed by atoms with van der Waals surface area (Å²) in [5.74, 6) is 3.00. The van der Waals surface area contributed by atoms with Gasteiger partial charge in [0.25, 0.3) is 0 Å². The van der Waals surface area contributed by atoms with Gasteiger partial charge in [0.2, 0.25) is 6.29 Å². The van der Waals surface area contributed by atoms with Gasteiger partial charge < -0.3 is 33.5 Å². The molecule has 0 amide bonds. The molecule has 14 heteroatoms. The molecule has 6 aliphatic carbocycles. The van der Waals surface area contributed by atoms with Crippen molar-refractivity contribution >= 4 is 41.8 Å². The van der Waals surface area contributed by atoms with Gasteiger partial charge in [-0.1, -0.05) is 48.5 Å². The van der Waals surface area contributed by atoms with E-state index in [1.807, 2.05) is 6.92 Å². The highest BCUT2D eigenvalue weighted by Crippen LogP contribution is 2.57. The fourth-order valence-electron chi connectivity index (χ4n) is 12.2. The third kappa shape index (κ3) is 9.54. The number of carboxylic acid groups (broad SMARTS) is 1. The Hall–Kier alpha value is -3.55. The summed E-state index contributed by atoms with van der Waals surface area (Å²) in [7, 11) is 1.30.